The van der Waals surface area contributed by atoms with Crippen LogP contribution in [0.3, 0.4) is 0 Å². The van der Waals surface area contributed by atoms with Gasteiger partial charge in [-0.15, -0.1) is 0 Å². The van der Waals surface area contributed by atoms with E-state index in [1.807, 2.05) is 0 Å². The lowest BCUT2D eigenvalue weighted by atomic mass is 10.2. The molecule has 0 unspecified atom stereocenters. The third kappa shape index (κ3) is 4.06. The van der Waals surface area contributed by atoms with Gasteiger partial charge in [-0.25, -0.2) is 13.8 Å². The fourth-order valence-corrected chi connectivity index (χ4v) is 3.65. The number of carbonyl (C=O) groups excluding carboxylic acids is 1. The molecule has 0 radical (unpaired) electrons. The molecule has 0 saturated heterocycles. The van der Waals surface area contributed by atoms with E-state index in [-0.39, 0.29) is 27.9 Å². The van der Waals surface area contributed by atoms with E-state index in [1.54, 1.807) is 42.6 Å². The van der Waals surface area contributed by atoms with Crippen LogP contribution in [0, 0.1) is 11.6 Å². The Hall–Kier alpha value is -3.59. The van der Waals surface area contributed by atoms with Crippen LogP contribution in [0.25, 0.3) is 16.6 Å². The molecule has 4 aromatic rings. The van der Waals surface area contributed by atoms with Crippen molar-refractivity contribution in [1.29, 1.82) is 0 Å². The Bertz CT molecular complexity index is 1300. The molecule has 0 aliphatic carbocycles. The molecule has 4 rings (SSSR count). The largest absolute Gasteiger partial charge is 0.324 e. The highest BCUT2D eigenvalue weighted by Gasteiger charge is 2.17. The first-order valence-electron chi connectivity index (χ1n) is 8.83. The Morgan fingerprint density at radius 3 is 2.70 bits per heavy atom. The van der Waals surface area contributed by atoms with E-state index >= 15 is 0 Å². The van der Waals surface area contributed by atoms with Crippen molar-refractivity contribution in [2.75, 3.05) is 11.1 Å². The van der Waals surface area contributed by atoms with Crippen molar-refractivity contribution in [1.82, 2.24) is 14.5 Å². The molecule has 0 aliphatic rings. The summed E-state index contributed by atoms with van der Waals surface area (Å²) in [6.45, 7) is 0. The average Bonchev–Trinajstić information content (AvgIpc) is 2.74. The van der Waals surface area contributed by atoms with Crippen molar-refractivity contribution < 1.29 is 13.6 Å². The summed E-state index contributed by atoms with van der Waals surface area (Å²) in [5.74, 6) is -2.09. The summed E-state index contributed by atoms with van der Waals surface area (Å²) < 4.78 is 28.9. The molecule has 9 heteroatoms. The number of thioether (sulfide) groups is 1. The highest BCUT2D eigenvalue weighted by atomic mass is 32.2. The second-order valence-corrected chi connectivity index (χ2v) is 7.17. The number of fused-ring (bicyclic) bond motifs is 1. The molecule has 0 atom stereocenters. The summed E-state index contributed by atoms with van der Waals surface area (Å²) in [4.78, 5) is 33.7. The summed E-state index contributed by atoms with van der Waals surface area (Å²) in [6, 6.07) is 12.9. The Balaban J connectivity index is 1.72. The zero-order valence-electron chi connectivity index (χ0n) is 15.4. The van der Waals surface area contributed by atoms with Gasteiger partial charge in [0.25, 0.3) is 5.56 Å². The fraction of sp³-hybridized carbons (Fsp3) is 0.0476. The molecule has 1 N–H and O–H groups in total. The topological polar surface area (TPSA) is 76.9 Å². The average molecular weight is 424 g/mol. The zero-order chi connectivity index (χ0) is 21.1. The minimum atomic E-state index is -0.907. The van der Waals surface area contributed by atoms with Crippen LogP contribution in [0.5, 0.6) is 0 Å². The van der Waals surface area contributed by atoms with Crippen LogP contribution in [0.1, 0.15) is 0 Å². The molecule has 0 saturated carbocycles. The van der Waals surface area contributed by atoms with Gasteiger partial charge in [-0.05, 0) is 36.4 Å². The lowest BCUT2D eigenvalue weighted by Crippen LogP contribution is -2.23. The van der Waals surface area contributed by atoms with E-state index in [0.29, 0.717) is 17.3 Å². The second-order valence-electron chi connectivity index (χ2n) is 6.23. The number of hydrogen-bond donors (Lipinski definition) is 1. The van der Waals surface area contributed by atoms with Crippen molar-refractivity contribution in [3.8, 4) is 5.69 Å². The van der Waals surface area contributed by atoms with Crippen LogP contribution in [0.2, 0.25) is 0 Å². The molecule has 2 heterocycles. The number of para-hydroxylation sites is 1. The number of nitrogens with one attached hydrogen (secondary N) is 1. The van der Waals surface area contributed by atoms with E-state index in [2.05, 4.69) is 15.3 Å². The highest BCUT2D eigenvalue weighted by molar-refractivity contribution is 7.99. The molecule has 2 aromatic heterocycles. The van der Waals surface area contributed by atoms with Gasteiger partial charge in [0, 0.05) is 12.3 Å². The number of pyridine rings is 1. The number of amides is 1. The molecule has 0 bridgehead atoms. The van der Waals surface area contributed by atoms with E-state index in [4.69, 9.17) is 0 Å². The molecule has 6 nitrogen and oxygen atoms in total. The monoisotopic (exact) mass is 424 g/mol. The second kappa shape index (κ2) is 8.42. The maximum atomic E-state index is 14.5. The minimum absolute atomic E-state index is 0.0809. The van der Waals surface area contributed by atoms with Gasteiger partial charge in [-0.3, -0.25) is 19.1 Å². The van der Waals surface area contributed by atoms with Crippen molar-refractivity contribution in [3.63, 3.8) is 0 Å². The highest BCUT2D eigenvalue weighted by Crippen LogP contribution is 2.23. The number of aromatic nitrogens is 3. The summed E-state index contributed by atoms with van der Waals surface area (Å²) in [7, 11) is 0. The molecule has 0 aliphatic heterocycles. The third-order valence-corrected chi connectivity index (χ3v) is 5.11. The predicted molar refractivity (Wildman–Crippen MR) is 111 cm³/mol. The molecule has 30 heavy (non-hydrogen) atoms. The smallest absolute Gasteiger partial charge is 0.266 e. The molecule has 150 valence electrons. The first kappa shape index (κ1) is 19.7. The maximum Gasteiger partial charge on any atom is 0.266 e. The standard InChI is InChI=1S/C21H14F2N4O2S/c22-13-7-8-18(16(23)10-13)27-20(29)15-5-1-2-6-17(15)26-21(27)30-12-19(28)25-14-4-3-9-24-11-14/h1-11H,12H2,(H,25,28). The van der Waals surface area contributed by atoms with Gasteiger partial charge >= 0.3 is 0 Å². The van der Waals surface area contributed by atoms with Gasteiger partial charge in [0.2, 0.25) is 5.91 Å². The van der Waals surface area contributed by atoms with Crippen LogP contribution in [-0.2, 0) is 4.79 Å². The Kier molecular flexibility index (Phi) is 5.53. The fourth-order valence-electron chi connectivity index (χ4n) is 2.85. The molecule has 1 amide bonds. The number of anilines is 1. The quantitative estimate of drug-likeness (QED) is 0.390. The Labute approximate surface area is 173 Å². The van der Waals surface area contributed by atoms with Crippen molar-refractivity contribution in [2.45, 2.75) is 5.16 Å². The number of nitrogens with zero attached hydrogens (tertiary/aromatic N) is 3. The maximum absolute atomic E-state index is 14.5. The van der Waals surface area contributed by atoms with Gasteiger partial charge in [-0.1, -0.05) is 23.9 Å². The molecule has 2 aromatic carbocycles. The molecular formula is C21H14F2N4O2S. The number of benzene rings is 2. The summed E-state index contributed by atoms with van der Waals surface area (Å²) in [6.07, 6.45) is 3.08. The van der Waals surface area contributed by atoms with Crippen LogP contribution >= 0.6 is 11.8 Å². The predicted octanol–water partition coefficient (Wildman–Crippen LogP) is 3.79. The molecular weight excluding hydrogens is 410 g/mol. The van der Waals surface area contributed by atoms with Gasteiger partial charge in [-0.2, -0.15) is 0 Å². The van der Waals surface area contributed by atoms with Crippen molar-refractivity contribution >= 4 is 34.3 Å². The molecule has 0 spiro atoms. The Morgan fingerprint density at radius 2 is 1.93 bits per heavy atom. The van der Waals surface area contributed by atoms with Crippen LogP contribution in [0.4, 0.5) is 14.5 Å². The van der Waals surface area contributed by atoms with Crippen LogP contribution in [0.15, 0.2) is 76.9 Å². The van der Waals surface area contributed by atoms with Gasteiger partial charge in [0.1, 0.15) is 11.6 Å². The van der Waals surface area contributed by atoms with Crippen LogP contribution in [-0.4, -0.2) is 26.2 Å². The van der Waals surface area contributed by atoms with Gasteiger partial charge in [0.05, 0.1) is 34.2 Å². The number of halogens is 2. The van der Waals surface area contributed by atoms with Crippen molar-refractivity contribution in [2.24, 2.45) is 0 Å². The van der Waals surface area contributed by atoms with E-state index < -0.39 is 17.2 Å². The normalized spacial score (nSPS) is 10.9. The number of carbonyl (C=O) groups is 1. The first-order valence-corrected chi connectivity index (χ1v) is 9.81. The zero-order valence-corrected chi connectivity index (χ0v) is 16.2. The van der Waals surface area contributed by atoms with E-state index in [0.717, 1.165) is 22.4 Å². The van der Waals surface area contributed by atoms with Gasteiger partial charge in [0.15, 0.2) is 5.16 Å². The SMILES string of the molecule is O=C(CSc1nc2ccccc2c(=O)n1-c1ccc(F)cc1F)Nc1cccnc1. The summed E-state index contributed by atoms with van der Waals surface area (Å²) in [5.41, 5.74) is 0.282. The lowest BCUT2D eigenvalue weighted by molar-refractivity contribution is -0.113. The summed E-state index contributed by atoms with van der Waals surface area (Å²) in [5, 5.41) is 3.08. The summed E-state index contributed by atoms with van der Waals surface area (Å²) >= 11 is 0.970. The number of hydrogen-bond acceptors (Lipinski definition) is 5. The lowest BCUT2D eigenvalue weighted by Gasteiger charge is -2.14. The van der Waals surface area contributed by atoms with E-state index in [1.165, 1.54) is 12.3 Å². The Morgan fingerprint density at radius 1 is 1.10 bits per heavy atom. The molecule has 0 fully saturated rings. The van der Waals surface area contributed by atoms with Crippen molar-refractivity contribution in [3.05, 3.63) is 89.0 Å². The van der Waals surface area contributed by atoms with E-state index in [9.17, 15) is 18.4 Å². The number of rotatable bonds is 5. The minimum Gasteiger partial charge on any atom is -0.324 e. The third-order valence-electron chi connectivity index (χ3n) is 4.17. The first-order chi connectivity index (χ1) is 14.5. The van der Waals surface area contributed by atoms with Gasteiger partial charge < -0.3 is 5.32 Å². The van der Waals surface area contributed by atoms with Crippen LogP contribution < -0.4 is 10.9 Å².